The molecule has 1 aliphatic rings. The first kappa shape index (κ1) is 28.1. The lowest BCUT2D eigenvalue weighted by Gasteiger charge is -2.38. The summed E-state index contributed by atoms with van der Waals surface area (Å²) in [6.45, 7) is 8.89. The number of benzene rings is 2. The van der Waals surface area contributed by atoms with E-state index in [4.69, 9.17) is 9.26 Å². The van der Waals surface area contributed by atoms with Crippen LogP contribution in [0.5, 0.6) is 5.75 Å². The maximum atomic E-state index is 13.7. The number of rotatable bonds is 8. The van der Waals surface area contributed by atoms with Crippen molar-refractivity contribution in [2.24, 2.45) is 5.92 Å². The van der Waals surface area contributed by atoms with Crippen LogP contribution >= 0.6 is 0 Å². The van der Waals surface area contributed by atoms with Crippen LogP contribution in [-0.4, -0.2) is 70.9 Å². The van der Waals surface area contributed by atoms with Crippen molar-refractivity contribution in [1.82, 2.24) is 15.0 Å². The molecule has 0 unspecified atom stereocenters. The predicted molar refractivity (Wildman–Crippen MR) is 149 cm³/mol. The number of anilines is 2. The molecule has 3 atom stereocenters. The quantitative estimate of drug-likeness (QED) is 0.394. The second kappa shape index (κ2) is 12.3. The number of nitrogens with one attached hydrogen (secondary N) is 2. The fourth-order valence-corrected chi connectivity index (χ4v) is 4.76. The Hall–Kier alpha value is -3.89. The summed E-state index contributed by atoms with van der Waals surface area (Å²) >= 11 is 0. The van der Waals surface area contributed by atoms with Gasteiger partial charge in [0.05, 0.1) is 23.9 Å². The fourth-order valence-electron chi connectivity index (χ4n) is 4.76. The summed E-state index contributed by atoms with van der Waals surface area (Å²) in [6, 6.07) is 14.4. The fraction of sp³-hybridized carbons (Fsp3) is 0.414. The third kappa shape index (κ3) is 6.58. The number of ether oxygens (including phenoxy) is 1. The second-order valence-electron chi connectivity index (χ2n) is 10.3. The molecular weight excluding hydrogens is 498 g/mol. The van der Waals surface area contributed by atoms with Gasteiger partial charge in [-0.05, 0) is 45.5 Å². The number of aryl methyl sites for hydroxylation is 2. The molecule has 2 aromatic carbocycles. The summed E-state index contributed by atoms with van der Waals surface area (Å²) in [5.41, 5.74) is 2.92. The molecule has 0 fully saturated rings. The van der Waals surface area contributed by atoms with Gasteiger partial charge in [-0.3, -0.25) is 9.69 Å². The van der Waals surface area contributed by atoms with E-state index in [2.05, 4.69) is 32.8 Å². The lowest BCUT2D eigenvalue weighted by Crippen LogP contribution is -2.49. The molecule has 0 saturated heterocycles. The van der Waals surface area contributed by atoms with Crippen LogP contribution in [0, 0.1) is 19.8 Å². The number of urea groups is 1. The zero-order valence-corrected chi connectivity index (χ0v) is 23.1. The summed E-state index contributed by atoms with van der Waals surface area (Å²) in [5, 5.41) is 19.4. The molecule has 0 radical (unpaired) electrons. The van der Waals surface area contributed by atoms with Crippen LogP contribution in [0.15, 0.2) is 53.1 Å². The highest BCUT2D eigenvalue weighted by Gasteiger charge is 2.34. The number of carbonyl (C=O) groups is 2. The van der Waals surface area contributed by atoms with Crippen LogP contribution < -0.4 is 15.4 Å². The zero-order valence-electron chi connectivity index (χ0n) is 23.1. The van der Waals surface area contributed by atoms with E-state index in [9.17, 15) is 14.7 Å². The molecule has 208 valence electrons. The number of likely N-dealkylation sites (N-methyl/N-ethyl adjacent to an activating group) is 1. The number of fused-ring (bicyclic) bond motifs is 1. The van der Waals surface area contributed by atoms with E-state index in [1.165, 1.54) is 5.56 Å². The lowest BCUT2D eigenvalue weighted by atomic mass is 9.99. The first-order chi connectivity index (χ1) is 18.7. The maximum absolute atomic E-state index is 13.7. The molecule has 4 rings (SSSR count). The number of carbonyl (C=O) groups excluding carboxylic acids is 2. The van der Waals surface area contributed by atoms with Gasteiger partial charge in [-0.1, -0.05) is 48.5 Å². The summed E-state index contributed by atoms with van der Waals surface area (Å²) in [7, 11) is 2.03. The van der Waals surface area contributed by atoms with Crippen molar-refractivity contribution in [2.45, 2.75) is 46.4 Å². The van der Waals surface area contributed by atoms with Gasteiger partial charge in [0.2, 0.25) is 0 Å². The average Bonchev–Trinajstić information content (AvgIpc) is 3.23. The molecule has 3 aromatic rings. The molecule has 0 saturated carbocycles. The van der Waals surface area contributed by atoms with E-state index >= 15 is 0 Å². The van der Waals surface area contributed by atoms with E-state index < -0.39 is 6.03 Å². The standard InChI is InChI=1S/C29H37N5O5/c1-18-14-34(19(2)17-35)28(36)23-12-9-13-24(30-29(37)31-26-20(3)32-39-21(26)4)27(23)38-25(18)16-33(5)15-22-10-7-6-8-11-22/h6-13,18-19,25,35H,14-17H2,1-5H3,(H2,30,31,37)/t18-,19-,25+/m0/s1. The second-order valence-corrected chi connectivity index (χ2v) is 10.3. The van der Waals surface area contributed by atoms with Gasteiger partial charge in [0.25, 0.3) is 5.91 Å². The molecule has 0 spiro atoms. The van der Waals surface area contributed by atoms with Crippen LogP contribution in [0.25, 0.3) is 0 Å². The van der Waals surface area contributed by atoms with Crippen LogP contribution in [0.2, 0.25) is 0 Å². The van der Waals surface area contributed by atoms with Gasteiger partial charge in [-0.2, -0.15) is 0 Å². The number of amides is 3. The summed E-state index contributed by atoms with van der Waals surface area (Å²) in [5.74, 6) is 0.473. The normalized spacial score (nSPS) is 18.1. The highest BCUT2D eigenvalue weighted by atomic mass is 16.5. The van der Waals surface area contributed by atoms with Crippen molar-refractivity contribution in [2.75, 3.05) is 37.4 Å². The third-order valence-corrected chi connectivity index (χ3v) is 7.00. The van der Waals surface area contributed by atoms with Crippen molar-refractivity contribution in [3.63, 3.8) is 0 Å². The Morgan fingerprint density at radius 2 is 1.92 bits per heavy atom. The van der Waals surface area contributed by atoms with Gasteiger partial charge in [0.15, 0.2) is 11.5 Å². The number of nitrogens with zero attached hydrogens (tertiary/aromatic N) is 3. The van der Waals surface area contributed by atoms with Gasteiger partial charge >= 0.3 is 6.03 Å². The first-order valence-electron chi connectivity index (χ1n) is 13.1. The van der Waals surface area contributed by atoms with Crippen molar-refractivity contribution >= 4 is 23.3 Å². The Kier molecular flexibility index (Phi) is 8.88. The van der Waals surface area contributed by atoms with Gasteiger partial charge in [0, 0.05) is 25.6 Å². The van der Waals surface area contributed by atoms with E-state index in [0.29, 0.717) is 47.2 Å². The molecule has 1 aromatic heterocycles. The lowest BCUT2D eigenvalue weighted by molar-refractivity contribution is 0.0343. The van der Waals surface area contributed by atoms with Gasteiger partial charge < -0.3 is 29.9 Å². The van der Waals surface area contributed by atoms with Gasteiger partial charge in [-0.15, -0.1) is 0 Å². The maximum Gasteiger partial charge on any atom is 0.323 e. The number of hydrogen-bond donors (Lipinski definition) is 3. The Bertz CT molecular complexity index is 1270. The molecule has 39 heavy (non-hydrogen) atoms. The van der Waals surface area contributed by atoms with Gasteiger partial charge in [-0.25, -0.2) is 4.79 Å². The number of hydrogen-bond acceptors (Lipinski definition) is 7. The van der Waals surface area contributed by atoms with Crippen LogP contribution in [-0.2, 0) is 6.54 Å². The molecule has 3 amide bonds. The Morgan fingerprint density at radius 3 is 2.59 bits per heavy atom. The van der Waals surface area contributed by atoms with E-state index in [1.54, 1.807) is 36.9 Å². The minimum Gasteiger partial charge on any atom is -0.486 e. The Balaban J connectivity index is 1.64. The van der Waals surface area contributed by atoms with Crippen LogP contribution in [0.4, 0.5) is 16.2 Å². The number of aliphatic hydroxyl groups is 1. The SMILES string of the molecule is Cc1noc(C)c1NC(=O)Nc1cccc2c1O[C@H](CN(C)Cc1ccccc1)[C@@H](C)CN([C@@H](C)CO)C2=O. The van der Waals surface area contributed by atoms with E-state index in [-0.39, 0.29) is 30.6 Å². The molecule has 2 heterocycles. The smallest absolute Gasteiger partial charge is 0.323 e. The summed E-state index contributed by atoms with van der Waals surface area (Å²) in [6.07, 6.45) is -0.299. The predicted octanol–water partition coefficient (Wildman–Crippen LogP) is 4.29. The van der Waals surface area contributed by atoms with E-state index in [1.807, 2.05) is 39.1 Å². The molecular formula is C29H37N5O5. The highest BCUT2D eigenvalue weighted by Crippen LogP contribution is 2.35. The minimum atomic E-state index is -0.512. The van der Waals surface area contributed by atoms with Gasteiger partial charge in [0.1, 0.15) is 17.5 Å². The Morgan fingerprint density at radius 1 is 1.18 bits per heavy atom. The highest BCUT2D eigenvalue weighted by molar-refractivity contribution is 6.04. The summed E-state index contributed by atoms with van der Waals surface area (Å²) < 4.78 is 11.7. The number of para-hydroxylation sites is 1. The van der Waals surface area contributed by atoms with Crippen molar-refractivity contribution in [1.29, 1.82) is 0 Å². The zero-order chi connectivity index (χ0) is 28.1. The Labute approximate surface area is 228 Å². The molecule has 10 nitrogen and oxygen atoms in total. The van der Waals surface area contributed by atoms with Crippen molar-refractivity contribution in [3.8, 4) is 5.75 Å². The molecule has 0 aliphatic carbocycles. The van der Waals surface area contributed by atoms with Crippen LogP contribution in [0.3, 0.4) is 0 Å². The summed E-state index contributed by atoms with van der Waals surface area (Å²) in [4.78, 5) is 30.5. The number of aliphatic hydroxyl groups excluding tert-OH is 1. The minimum absolute atomic E-state index is 0.0569. The largest absolute Gasteiger partial charge is 0.486 e. The molecule has 1 aliphatic heterocycles. The van der Waals surface area contributed by atoms with Crippen molar-refractivity contribution in [3.05, 3.63) is 71.1 Å². The average molecular weight is 536 g/mol. The monoisotopic (exact) mass is 535 g/mol. The topological polar surface area (TPSA) is 120 Å². The van der Waals surface area contributed by atoms with Crippen LogP contribution in [0.1, 0.15) is 41.2 Å². The third-order valence-electron chi connectivity index (χ3n) is 7.00. The molecule has 10 heteroatoms. The van der Waals surface area contributed by atoms with Crippen molar-refractivity contribution < 1.29 is 24.0 Å². The molecule has 0 bridgehead atoms. The van der Waals surface area contributed by atoms with E-state index in [0.717, 1.165) is 6.54 Å². The molecule has 3 N–H and O–H groups in total. The first-order valence-corrected chi connectivity index (χ1v) is 13.1. The number of aromatic nitrogens is 1.